The third kappa shape index (κ3) is 3.10. The lowest BCUT2D eigenvalue weighted by molar-refractivity contribution is 0.555. The molecule has 1 rings (SSSR count). The van der Waals surface area contributed by atoms with Crippen LogP contribution in [0.5, 0.6) is 0 Å². The second-order valence-corrected chi connectivity index (χ2v) is 4.95. The number of thiophene rings is 1. The first-order chi connectivity index (χ1) is 6.79. The number of unbranched alkanes of at least 4 members (excludes halogenated alkanes) is 1. The monoisotopic (exact) mass is 211 g/mol. The highest BCUT2D eigenvalue weighted by atomic mass is 32.1. The van der Waals surface area contributed by atoms with E-state index in [0.29, 0.717) is 5.92 Å². The van der Waals surface area contributed by atoms with Crippen molar-refractivity contribution in [2.45, 2.75) is 39.0 Å². The van der Waals surface area contributed by atoms with E-state index in [1.54, 1.807) is 5.56 Å². The first-order valence-corrected chi connectivity index (χ1v) is 6.36. The van der Waals surface area contributed by atoms with Gasteiger partial charge in [0.2, 0.25) is 0 Å². The Morgan fingerprint density at radius 1 is 1.50 bits per heavy atom. The van der Waals surface area contributed by atoms with Gasteiger partial charge in [-0.05, 0) is 43.3 Å². The third-order valence-electron chi connectivity index (χ3n) is 2.70. The van der Waals surface area contributed by atoms with E-state index in [4.69, 9.17) is 0 Å². The van der Waals surface area contributed by atoms with Gasteiger partial charge in [0.25, 0.3) is 0 Å². The molecule has 0 aliphatic heterocycles. The minimum Gasteiger partial charge on any atom is -0.319 e. The van der Waals surface area contributed by atoms with Crippen molar-refractivity contribution in [3.8, 4) is 0 Å². The number of nitrogens with one attached hydrogen (secondary N) is 1. The average molecular weight is 211 g/mol. The quantitative estimate of drug-likeness (QED) is 0.759. The molecule has 14 heavy (non-hydrogen) atoms. The van der Waals surface area contributed by atoms with Gasteiger partial charge in [0.1, 0.15) is 0 Å². The molecule has 0 fully saturated rings. The second-order valence-electron chi connectivity index (χ2n) is 3.83. The van der Waals surface area contributed by atoms with Crippen LogP contribution in [-0.4, -0.2) is 13.6 Å². The highest BCUT2D eigenvalue weighted by Crippen LogP contribution is 2.27. The summed E-state index contributed by atoms with van der Waals surface area (Å²) in [5.41, 5.74) is 1.55. The number of likely N-dealkylation sites (N-methyl/N-ethyl adjacent to an activating group) is 1. The Morgan fingerprint density at radius 2 is 2.29 bits per heavy atom. The lowest BCUT2D eigenvalue weighted by Gasteiger charge is -2.16. The molecule has 2 heteroatoms. The van der Waals surface area contributed by atoms with E-state index < -0.39 is 0 Å². The van der Waals surface area contributed by atoms with E-state index in [-0.39, 0.29) is 0 Å². The van der Waals surface area contributed by atoms with E-state index in [9.17, 15) is 0 Å². The largest absolute Gasteiger partial charge is 0.319 e. The maximum Gasteiger partial charge on any atom is 0.00495 e. The van der Waals surface area contributed by atoms with Gasteiger partial charge < -0.3 is 5.32 Å². The summed E-state index contributed by atoms with van der Waals surface area (Å²) in [5.74, 6) is 0.714. The Balaban J connectivity index is 2.62. The van der Waals surface area contributed by atoms with E-state index >= 15 is 0 Å². The normalized spacial score (nSPS) is 13.1. The topological polar surface area (TPSA) is 12.0 Å². The smallest absolute Gasteiger partial charge is 0.00495 e. The van der Waals surface area contributed by atoms with Crippen LogP contribution < -0.4 is 5.32 Å². The maximum absolute atomic E-state index is 3.30. The predicted octanol–water partition coefficient (Wildman–Crippen LogP) is 3.55. The van der Waals surface area contributed by atoms with Crippen LogP contribution in [-0.2, 0) is 0 Å². The number of hydrogen-bond donors (Lipinski definition) is 1. The van der Waals surface area contributed by atoms with Crippen molar-refractivity contribution in [2.24, 2.45) is 0 Å². The Labute approximate surface area is 91.5 Å². The number of hydrogen-bond acceptors (Lipinski definition) is 2. The van der Waals surface area contributed by atoms with Gasteiger partial charge in [-0.25, -0.2) is 0 Å². The summed E-state index contributed by atoms with van der Waals surface area (Å²) in [6, 6.07) is 2.29. The molecular weight excluding hydrogens is 190 g/mol. The summed E-state index contributed by atoms with van der Waals surface area (Å²) >= 11 is 1.86. The number of rotatable bonds is 6. The third-order valence-corrected chi connectivity index (χ3v) is 3.56. The van der Waals surface area contributed by atoms with E-state index in [2.05, 4.69) is 30.6 Å². The molecule has 1 atom stereocenters. The Hall–Kier alpha value is -0.340. The summed E-state index contributed by atoms with van der Waals surface area (Å²) in [5, 5.41) is 5.50. The molecule has 1 nitrogen and oxygen atoms in total. The van der Waals surface area contributed by atoms with Crippen molar-refractivity contribution in [1.29, 1.82) is 0 Å². The van der Waals surface area contributed by atoms with Crippen molar-refractivity contribution < 1.29 is 0 Å². The molecule has 0 amide bonds. The maximum atomic E-state index is 3.30. The zero-order valence-electron chi connectivity index (χ0n) is 9.47. The van der Waals surface area contributed by atoms with Gasteiger partial charge in [-0.3, -0.25) is 0 Å². The summed E-state index contributed by atoms with van der Waals surface area (Å²) in [4.78, 5) is 1.49. The zero-order valence-corrected chi connectivity index (χ0v) is 10.3. The Kier molecular flexibility index (Phi) is 5.20. The van der Waals surface area contributed by atoms with Gasteiger partial charge >= 0.3 is 0 Å². The summed E-state index contributed by atoms with van der Waals surface area (Å²) in [6.45, 7) is 5.60. The van der Waals surface area contributed by atoms with Crippen molar-refractivity contribution in [1.82, 2.24) is 5.32 Å². The molecule has 0 aromatic carbocycles. The zero-order chi connectivity index (χ0) is 10.4. The molecule has 0 radical (unpaired) electrons. The van der Waals surface area contributed by atoms with E-state index in [1.165, 1.54) is 24.1 Å². The SMILES string of the molecule is CCCCC(CNC)c1ccsc1C. The molecule has 1 N–H and O–H groups in total. The van der Waals surface area contributed by atoms with Gasteiger partial charge in [-0.15, -0.1) is 11.3 Å². The van der Waals surface area contributed by atoms with Crippen LogP contribution in [0.4, 0.5) is 0 Å². The lowest BCUT2D eigenvalue weighted by atomic mass is 9.94. The minimum atomic E-state index is 0.714. The second kappa shape index (κ2) is 6.20. The molecule has 0 saturated carbocycles. The van der Waals surface area contributed by atoms with Crippen molar-refractivity contribution in [3.05, 3.63) is 21.9 Å². The van der Waals surface area contributed by atoms with Crippen LogP contribution in [0, 0.1) is 6.92 Å². The van der Waals surface area contributed by atoms with Crippen LogP contribution in [0.15, 0.2) is 11.4 Å². The first-order valence-electron chi connectivity index (χ1n) is 5.48. The van der Waals surface area contributed by atoms with E-state index in [1.807, 2.05) is 18.4 Å². The molecule has 0 saturated heterocycles. The molecule has 0 spiro atoms. The molecule has 80 valence electrons. The average Bonchev–Trinajstić information content (AvgIpc) is 2.59. The molecule has 0 bridgehead atoms. The van der Waals surface area contributed by atoms with Crippen molar-refractivity contribution >= 4 is 11.3 Å². The Morgan fingerprint density at radius 3 is 2.79 bits per heavy atom. The molecule has 1 aromatic heterocycles. The molecule has 1 aromatic rings. The fourth-order valence-electron chi connectivity index (χ4n) is 1.88. The van der Waals surface area contributed by atoms with Crippen LogP contribution in [0.3, 0.4) is 0 Å². The van der Waals surface area contributed by atoms with Gasteiger partial charge in [-0.2, -0.15) is 0 Å². The molecule has 1 unspecified atom stereocenters. The fourth-order valence-corrected chi connectivity index (χ4v) is 2.67. The Bertz CT molecular complexity index is 255. The van der Waals surface area contributed by atoms with Gasteiger partial charge in [0.15, 0.2) is 0 Å². The standard InChI is InChI=1S/C12H21NS/c1-4-5-6-11(9-13-3)12-7-8-14-10(12)2/h7-8,11,13H,4-6,9H2,1-3H3. The van der Waals surface area contributed by atoms with E-state index in [0.717, 1.165) is 6.54 Å². The predicted molar refractivity (Wildman–Crippen MR) is 65.2 cm³/mol. The minimum absolute atomic E-state index is 0.714. The van der Waals surface area contributed by atoms with Crippen molar-refractivity contribution in [2.75, 3.05) is 13.6 Å². The van der Waals surface area contributed by atoms with Crippen LogP contribution in [0.2, 0.25) is 0 Å². The van der Waals surface area contributed by atoms with Gasteiger partial charge in [0, 0.05) is 11.4 Å². The van der Waals surface area contributed by atoms with Gasteiger partial charge in [0.05, 0.1) is 0 Å². The molecular formula is C12H21NS. The number of aryl methyl sites for hydroxylation is 1. The summed E-state index contributed by atoms with van der Waals surface area (Å²) in [6.07, 6.45) is 3.94. The summed E-state index contributed by atoms with van der Waals surface area (Å²) in [7, 11) is 2.04. The van der Waals surface area contributed by atoms with Crippen molar-refractivity contribution in [3.63, 3.8) is 0 Å². The van der Waals surface area contributed by atoms with Crippen LogP contribution in [0.1, 0.15) is 42.5 Å². The van der Waals surface area contributed by atoms with Crippen LogP contribution in [0.25, 0.3) is 0 Å². The first kappa shape index (κ1) is 11.7. The highest BCUT2D eigenvalue weighted by Gasteiger charge is 2.12. The molecule has 0 aliphatic carbocycles. The summed E-state index contributed by atoms with van der Waals surface area (Å²) < 4.78 is 0. The van der Waals surface area contributed by atoms with Crippen LogP contribution >= 0.6 is 11.3 Å². The lowest BCUT2D eigenvalue weighted by Crippen LogP contribution is -2.17. The fraction of sp³-hybridized carbons (Fsp3) is 0.667. The molecule has 0 aliphatic rings. The molecule has 1 heterocycles. The highest BCUT2D eigenvalue weighted by molar-refractivity contribution is 7.10. The van der Waals surface area contributed by atoms with Gasteiger partial charge in [-0.1, -0.05) is 19.8 Å².